The number of hydrogen-bond donors (Lipinski definition) is 2. The second kappa shape index (κ2) is 5.12. The van der Waals surface area contributed by atoms with Crippen LogP contribution in [0.2, 0.25) is 0 Å². The smallest absolute Gasteiger partial charge is 0.220 e. The van der Waals surface area contributed by atoms with Gasteiger partial charge in [-0.1, -0.05) is 30.3 Å². The Morgan fingerprint density at radius 3 is 2.38 bits per heavy atom. The van der Waals surface area contributed by atoms with Crippen LogP contribution in [0.4, 0.5) is 0 Å². The SMILES string of the molecule is CNC(=O)C[C@H](c1ccccc1)C(C)(C)O. The average molecular weight is 221 g/mol. The molecule has 3 heteroatoms. The Morgan fingerprint density at radius 2 is 1.94 bits per heavy atom. The van der Waals surface area contributed by atoms with Crippen molar-refractivity contribution in [1.29, 1.82) is 0 Å². The van der Waals surface area contributed by atoms with Crippen molar-refractivity contribution >= 4 is 5.91 Å². The van der Waals surface area contributed by atoms with E-state index in [9.17, 15) is 9.90 Å². The van der Waals surface area contributed by atoms with E-state index in [1.807, 2.05) is 30.3 Å². The molecule has 3 nitrogen and oxygen atoms in total. The minimum absolute atomic E-state index is 0.0593. The zero-order valence-corrected chi connectivity index (χ0v) is 10.0. The van der Waals surface area contributed by atoms with Gasteiger partial charge in [0.2, 0.25) is 5.91 Å². The average Bonchev–Trinajstić information content (AvgIpc) is 2.25. The first-order valence-corrected chi connectivity index (χ1v) is 5.43. The Kier molecular flexibility index (Phi) is 4.07. The van der Waals surface area contributed by atoms with Gasteiger partial charge in [-0.3, -0.25) is 4.79 Å². The summed E-state index contributed by atoms with van der Waals surface area (Å²) in [7, 11) is 1.61. The van der Waals surface area contributed by atoms with Gasteiger partial charge in [0, 0.05) is 19.4 Å². The number of nitrogens with one attached hydrogen (secondary N) is 1. The van der Waals surface area contributed by atoms with Crippen molar-refractivity contribution in [2.24, 2.45) is 0 Å². The van der Waals surface area contributed by atoms with E-state index < -0.39 is 5.60 Å². The lowest BCUT2D eigenvalue weighted by atomic mass is 9.82. The van der Waals surface area contributed by atoms with Gasteiger partial charge in [-0.05, 0) is 19.4 Å². The van der Waals surface area contributed by atoms with Crippen LogP contribution in [0.5, 0.6) is 0 Å². The van der Waals surface area contributed by atoms with E-state index in [0.29, 0.717) is 6.42 Å². The van der Waals surface area contributed by atoms with Crippen LogP contribution < -0.4 is 5.32 Å². The first-order valence-electron chi connectivity index (χ1n) is 5.43. The second-order valence-corrected chi connectivity index (χ2v) is 4.49. The molecule has 1 amide bonds. The van der Waals surface area contributed by atoms with Gasteiger partial charge >= 0.3 is 0 Å². The summed E-state index contributed by atoms with van der Waals surface area (Å²) >= 11 is 0. The zero-order chi connectivity index (χ0) is 12.2. The van der Waals surface area contributed by atoms with Crippen molar-refractivity contribution in [3.63, 3.8) is 0 Å². The fraction of sp³-hybridized carbons (Fsp3) is 0.462. The lowest BCUT2D eigenvalue weighted by Gasteiger charge is -2.29. The van der Waals surface area contributed by atoms with Gasteiger partial charge in [0.25, 0.3) is 0 Å². The third-order valence-corrected chi connectivity index (χ3v) is 2.72. The standard InChI is InChI=1S/C13H19NO2/c1-13(2,16)11(9-12(15)14-3)10-7-5-4-6-8-10/h4-8,11,16H,9H2,1-3H3,(H,14,15)/t11-/m1/s1. The molecule has 0 spiro atoms. The third-order valence-electron chi connectivity index (χ3n) is 2.72. The quantitative estimate of drug-likeness (QED) is 0.812. The van der Waals surface area contributed by atoms with Gasteiger partial charge in [-0.15, -0.1) is 0 Å². The Bertz CT molecular complexity index is 341. The van der Waals surface area contributed by atoms with E-state index in [2.05, 4.69) is 5.32 Å². The summed E-state index contributed by atoms with van der Waals surface area (Å²) in [5, 5.41) is 12.7. The number of amides is 1. The molecule has 2 N–H and O–H groups in total. The van der Waals surface area contributed by atoms with Crippen LogP contribution in [0.1, 0.15) is 31.7 Å². The molecule has 1 aromatic carbocycles. The van der Waals surface area contributed by atoms with E-state index in [1.165, 1.54) is 0 Å². The summed E-state index contributed by atoms with van der Waals surface area (Å²) in [4.78, 5) is 11.4. The molecular weight excluding hydrogens is 202 g/mol. The van der Waals surface area contributed by atoms with Gasteiger partial charge in [0.15, 0.2) is 0 Å². The summed E-state index contributed by atoms with van der Waals surface area (Å²) in [6.07, 6.45) is 0.296. The maximum atomic E-state index is 11.4. The molecule has 0 aliphatic heterocycles. The number of carbonyl (C=O) groups excluding carboxylic acids is 1. The van der Waals surface area contributed by atoms with Crippen molar-refractivity contribution < 1.29 is 9.90 Å². The predicted molar refractivity (Wildman–Crippen MR) is 64.2 cm³/mol. The minimum Gasteiger partial charge on any atom is -0.390 e. The topological polar surface area (TPSA) is 49.3 Å². The van der Waals surface area contributed by atoms with Gasteiger partial charge in [0.1, 0.15) is 0 Å². The fourth-order valence-electron chi connectivity index (χ4n) is 1.75. The Morgan fingerprint density at radius 1 is 1.38 bits per heavy atom. The molecule has 1 aromatic rings. The highest BCUT2D eigenvalue weighted by Gasteiger charge is 2.29. The molecule has 0 aliphatic carbocycles. The Balaban J connectivity index is 2.93. The van der Waals surface area contributed by atoms with Crippen molar-refractivity contribution in [3.8, 4) is 0 Å². The van der Waals surface area contributed by atoms with Crippen LogP contribution in [0.3, 0.4) is 0 Å². The molecule has 1 atom stereocenters. The molecule has 16 heavy (non-hydrogen) atoms. The molecule has 0 saturated heterocycles. The first-order chi connectivity index (χ1) is 7.45. The van der Waals surface area contributed by atoms with Crippen LogP contribution in [-0.4, -0.2) is 23.7 Å². The zero-order valence-electron chi connectivity index (χ0n) is 10.0. The summed E-state index contributed by atoms with van der Waals surface area (Å²) in [5.74, 6) is -0.246. The van der Waals surface area contributed by atoms with Crippen LogP contribution in [0, 0.1) is 0 Å². The molecule has 0 unspecified atom stereocenters. The molecule has 0 heterocycles. The Labute approximate surface area is 96.5 Å². The van der Waals surface area contributed by atoms with Crippen molar-refractivity contribution in [2.45, 2.75) is 31.8 Å². The molecule has 1 rings (SSSR count). The highest BCUT2D eigenvalue weighted by atomic mass is 16.3. The number of hydrogen-bond acceptors (Lipinski definition) is 2. The van der Waals surface area contributed by atoms with E-state index in [4.69, 9.17) is 0 Å². The number of aliphatic hydroxyl groups is 1. The van der Waals surface area contributed by atoms with Crippen LogP contribution in [-0.2, 0) is 4.79 Å². The molecule has 0 saturated carbocycles. The molecule has 88 valence electrons. The first kappa shape index (κ1) is 12.7. The van der Waals surface area contributed by atoms with E-state index in [-0.39, 0.29) is 11.8 Å². The molecule has 0 bridgehead atoms. The molecule has 0 aromatic heterocycles. The molecular formula is C13H19NO2. The minimum atomic E-state index is -0.909. The third kappa shape index (κ3) is 3.35. The van der Waals surface area contributed by atoms with Crippen molar-refractivity contribution in [1.82, 2.24) is 5.32 Å². The van der Waals surface area contributed by atoms with Crippen LogP contribution in [0.15, 0.2) is 30.3 Å². The van der Waals surface area contributed by atoms with E-state index in [0.717, 1.165) is 5.56 Å². The normalized spacial score (nSPS) is 13.2. The van der Waals surface area contributed by atoms with Gasteiger partial charge in [-0.25, -0.2) is 0 Å². The van der Waals surface area contributed by atoms with Crippen LogP contribution in [0.25, 0.3) is 0 Å². The maximum absolute atomic E-state index is 11.4. The summed E-state index contributed by atoms with van der Waals surface area (Å²) in [5.41, 5.74) is 0.0759. The van der Waals surface area contributed by atoms with Gasteiger partial charge in [0.05, 0.1) is 5.60 Å². The monoisotopic (exact) mass is 221 g/mol. The Hall–Kier alpha value is -1.35. The number of benzene rings is 1. The van der Waals surface area contributed by atoms with Gasteiger partial charge in [-0.2, -0.15) is 0 Å². The summed E-state index contributed by atoms with van der Waals surface area (Å²) < 4.78 is 0. The van der Waals surface area contributed by atoms with Crippen LogP contribution >= 0.6 is 0 Å². The van der Waals surface area contributed by atoms with E-state index >= 15 is 0 Å². The molecule has 0 radical (unpaired) electrons. The van der Waals surface area contributed by atoms with Crippen molar-refractivity contribution in [3.05, 3.63) is 35.9 Å². The number of carbonyl (C=O) groups is 1. The predicted octanol–water partition coefficient (Wildman–Crippen LogP) is 1.68. The van der Waals surface area contributed by atoms with Gasteiger partial charge < -0.3 is 10.4 Å². The lowest BCUT2D eigenvalue weighted by Crippen LogP contribution is -2.33. The second-order valence-electron chi connectivity index (χ2n) is 4.49. The highest BCUT2D eigenvalue weighted by Crippen LogP contribution is 2.30. The molecule has 0 aliphatic rings. The largest absolute Gasteiger partial charge is 0.390 e. The van der Waals surface area contributed by atoms with Crippen molar-refractivity contribution in [2.75, 3.05) is 7.05 Å². The number of rotatable bonds is 4. The molecule has 0 fully saturated rings. The maximum Gasteiger partial charge on any atom is 0.220 e. The lowest BCUT2D eigenvalue weighted by molar-refractivity contribution is -0.122. The van der Waals surface area contributed by atoms with E-state index in [1.54, 1.807) is 20.9 Å². The summed E-state index contributed by atoms with van der Waals surface area (Å²) in [6, 6.07) is 9.62. The highest BCUT2D eigenvalue weighted by molar-refractivity contribution is 5.76. The fourth-order valence-corrected chi connectivity index (χ4v) is 1.75. The summed E-state index contributed by atoms with van der Waals surface area (Å²) in [6.45, 7) is 3.46.